The molecule has 0 bridgehead atoms. The summed E-state index contributed by atoms with van der Waals surface area (Å²) < 4.78 is 9.61. The molecule has 0 saturated carbocycles. The number of carboxylic acids is 1. The molecule has 1 atom stereocenters. The van der Waals surface area contributed by atoms with Crippen LogP contribution in [0.4, 0.5) is 4.79 Å². The van der Waals surface area contributed by atoms with Gasteiger partial charge in [-0.3, -0.25) is 14.4 Å². The van der Waals surface area contributed by atoms with Crippen molar-refractivity contribution in [3.8, 4) is 0 Å². The molecule has 0 saturated heterocycles. The topological polar surface area (TPSA) is 160 Å². The van der Waals surface area contributed by atoms with Crippen molar-refractivity contribution in [2.24, 2.45) is 0 Å². The van der Waals surface area contributed by atoms with Crippen LogP contribution in [0.3, 0.4) is 0 Å². The molecule has 0 aliphatic heterocycles. The predicted octanol–water partition coefficient (Wildman–Crippen LogP) is 2.27. The van der Waals surface area contributed by atoms with Gasteiger partial charge in [0, 0.05) is 32.4 Å². The molecule has 0 aliphatic rings. The second-order valence-corrected chi connectivity index (χ2v) is 8.97. The van der Waals surface area contributed by atoms with Gasteiger partial charge in [0.15, 0.2) is 0 Å². The summed E-state index contributed by atoms with van der Waals surface area (Å²) in [6.07, 6.45) is 4.32. The van der Waals surface area contributed by atoms with Gasteiger partial charge >= 0.3 is 18.0 Å². The molecule has 0 aliphatic carbocycles. The lowest BCUT2D eigenvalue weighted by Gasteiger charge is -2.19. The number of carboxylic acid groups (broad SMARTS) is 1. The van der Waals surface area contributed by atoms with Crippen molar-refractivity contribution >= 4 is 29.8 Å². The van der Waals surface area contributed by atoms with Crippen LogP contribution >= 0.6 is 0 Å². The van der Waals surface area contributed by atoms with E-state index < -0.39 is 29.7 Å². The zero-order valence-electron chi connectivity index (χ0n) is 20.9. The SMILES string of the molecule is COC(=O)CC[C@H](NC(=O)CCCCCNC(=O)CCCCCNC(=O)OC(C)(C)C)C(=O)O. The molecule has 0 rings (SSSR count). The number of carbonyl (C=O) groups excluding carboxylic acids is 4. The molecule has 0 unspecified atom stereocenters. The Morgan fingerprint density at radius 1 is 0.794 bits per heavy atom. The number of unbranched alkanes of at least 4 members (excludes halogenated alkanes) is 4. The van der Waals surface area contributed by atoms with Crippen LogP contribution in [-0.4, -0.2) is 66.8 Å². The van der Waals surface area contributed by atoms with Crippen molar-refractivity contribution in [2.75, 3.05) is 20.2 Å². The number of rotatable bonds is 17. The minimum absolute atomic E-state index is 0.0277. The van der Waals surface area contributed by atoms with Crippen LogP contribution in [-0.2, 0) is 28.7 Å². The molecule has 0 aromatic rings. The Balaban J connectivity index is 3.73. The van der Waals surface area contributed by atoms with E-state index in [2.05, 4.69) is 20.7 Å². The number of methoxy groups -OCH3 is 1. The third-order valence-corrected chi connectivity index (χ3v) is 4.65. The van der Waals surface area contributed by atoms with Crippen molar-refractivity contribution in [3.05, 3.63) is 0 Å². The number of amides is 3. The third kappa shape index (κ3) is 18.7. The normalized spacial score (nSPS) is 11.8. The van der Waals surface area contributed by atoms with Crippen molar-refractivity contribution < 1.29 is 38.6 Å². The number of hydrogen-bond donors (Lipinski definition) is 4. The maximum absolute atomic E-state index is 11.9. The molecule has 11 nitrogen and oxygen atoms in total. The Bertz CT molecular complexity index is 661. The van der Waals surface area contributed by atoms with Gasteiger partial charge in [0.05, 0.1) is 7.11 Å². The summed E-state index contributed by atoms with van der Waals surface area (Å²) in [4.78, 5) is 57.6. The van der Waals surface area contributed by atoms with Gasteiger partial charge in [-0.05, 0) is 52.9 Å². The average Bonchev–Trinajstić information content (AvgIpc) is 2.74. The van der Waals surface area contributed by atoms with E-state index >= 15 is 0 Å². The van der Waals surface area contributed by atoms with Gasteiger partial charge in [0.1, 0.15) is 11.6 Å². The van der Waals surface area contributed by atoms with E-state index in [4.69, 9.17) is 9.84 Å². The standard InChI is InChI=1S/C23H41N3O8/c1-23(2,3)34-22(32)25-16-10-5-7-11-18(27)24-15-9-6-8-12-19(28)26-17(21(30)31)13-14-20(29)33-4/h17H,5-16H2,1-4H3,(H,24,27)(H,25,32)(H,26,28)(H,30,31)/t17-/m0/s1. The smallest absolute Gasteiger partial charge is 0.407 e. The zero-order chi connectivity index (χ0) is 26.0. The lowest BCUT2D eigenvalue weighted by atomic mass is 10.1. The van der Waals surface area contributed by atoms with Gasteiger partial charge in [0.2, 0.25) is 11.8 Å². The van der Waals surface area contributed by atoms with Crippen molar-refractivity contribution in [3.63, 3.8) is 0 Å². The molecule has 0 fully saturated rings. The lowest BCUT2D eigenvalue weighted by molar-refractivity contribution is -0.144. The summed E-state index contributed by atoms with van der Waals surface area (Å²) in [5.74, 6) is -2.15. The van der Waals surface area contributed by atoms with Crippen molar-refractivity contribution in [1.29, 1.82) is 0 Å². The van der Waals surface area contributed by atoms with Crippen LogP contribution < -0.4 is 16.0 Å². The minimum Gasteiger partial charge on any atom is -0.480 e. The summed E-state index contributed by atoms with van der Waals surface area (Å²) in [7, 11) is 1.22. The Hall–Kier alpha value is -2.85. The lowest BCUT2D eigenvalue weighted by Crippen LogP contribution is -2.41. The van der Waals surface area contributed by atoms with Crippen LogP contribution in [0.5, 0.6) is 0 Å². The first kappa shape index (κ1) is 31.1. The Morgan fingerprint density at radius 3 is 1.88 bits per heavy atom. The van der Waals surface area contributed by atoms with E-state index in [0.29, 0.717) is 38.8 Å². The van der Waals surface area contributed by atoms with Crippen LogP contribution in [0, 0.1) is 0 Å². The molecular formula is C23H41N3O8. The molecule has 196 valence electrons. The molecule has 0 aromatic heterocycles. The van der Waals surface area contributed by atoms with E-state index in [1.54, 1.807) is 20.8 Å². The molecule has 11 heteroatoms. The molecule has 4 N–H and O–H groups in total. The second-order valence-electron chi connectivity index (χ2n) is 8.97. The summed E-state index contributed by atoms with van der Waals surface area (Å²) in [5.41, 5.74) is -0.523. The highest BCUT2D eigenvalue weighted by molar-refractivity contribution is 5.84. The molecule has 34 heavy (non-hydrogen) atoms. The summed E-state index contributed by atoms with van der Waals surface area (Å²) in [5, 5.41) is 17.1. The Kier molecular flexibility index (Phi) is 16.1. The fourth-order valence-corrected chi connectivity index (χ4v) is 2.88. The summed E-state index contributed by atoms with van der Waals surface area (Å²) in [6.45, 7) is 6.42. The summed E-state index contributed by atoms with van der Waals surface area (Å²) >= 11 is 0. The van der Waals surface area contributed by atoms with Crippen LogP contribution in [0.25, 0.3) is 0 Å². The quantitative estimate of drug-likeness (QED) is 0.179. The zero-order valence-corrected chi connectivity index (χ0v) is 20.9. The third-order valence-electron chi connectivity index (χ3n) is 4.65. The first-order chi connectivity index (χ1) is 15.9. The largest absolute Gasteiger partial charge is 0.480 e. The van der Waals surface area contributed by atoms with Gasteiger partial charge in [-0.15, -0.1) is 0 Å². The molecule has 0 radical (unpaired) electrons. The average molecular weight is 488 g/mol. The van der Waals surface area contributed by atoms with Crippen LogP contribution in [0.2, 0.25) is 0 Å². The minimum atomic E-state index is -1.20. The highest BCUT2D eigenvalue weighted by Gasteiger charge is 2.21. The number of esters is 1. The highest BCUT2D eigenvalue weighted by Crippen LogP contribution is 2.07. The van der Waals surface area contributed by atoms with E-state index in [1.807, 2.05) is 0 Å². The van der Waals surface area contributed by atoms with E-state index in [1.165, 1.54) is 7.11 Å². The number of hydrogen-bond acceptors (Lipinski definition) is 7. The number of ether oxygens (including phenoxy) is 2. The maximum atomic E-state index is 11.9. The number of aliphatic carboxylic acids is 1. The predicted molar refractivity (Wildman–Crippen MR) is 125 cm³/mol. The monoisotopic (exact) mass is 487 g/mol. The van der Waals surface area contributed by atoms with Gasteiger partial charge in [-0.25, -0.2) is 9.59 Å². The Morgan fingerprint density at radius 2 is 1.35 bits per heavy atom. The molecule has 0 aromatic carbocycles. The first-order valence-electron chi connectivity index (χ1n) is 11.8. The fraction of sp³-hybridized carbons (Fsp3) is 0.783. The second kappa shape index (κ2) is 17.6. The van der Waals surface area contributed by atoms with Crippen molar-refractivity contribution in [2.45, 2.75) is 96.6 Å². The van der Waals surface area contributed by atoms with Gasteiger partial charge in [-0.1, -0.05) is 12.8 Å². The molecular weight excluding hydrogens is 446 g/mol. The van der Waals surface area contributed by atoms with Crippen molar-refractivity contribution in [1.82, 2.24) is 16.0 Å². The highest BCUT2D eigenvalue weighted by atomic mass is 16.6. The van der Waals surface area contributed by atoms with Gasteiger partial charge in [-0.2, -0.15) is 0 Å². The van der Waals surface area contributed by atoms with E-state index in [9.17, 15) is 24.0 Å². The first-order valence-corrected chi connectivity index (χ1v) is 11.8. The molecule has 0 heterocycles. The maximum Gasteiger partial charge on any atom is 0.407 e. The van der Waals surface area contributed by atoms with Gasteiger partial charge < -0.3 is 30.5 Å². The number of carbonyl (C=O) groups is 5. The number of alkyl carbamates (subject to hydrolysis) is 1. The van der Waals surface area contributed by atoms with Gasteiger partial charge in [0.25, 0.3) is 0 Å². The fourth-order valence-electron chi connectivity index (χ4n) is 2.88. The Labute approximate surface area is 201 Å². The van der Waals surface area contributed by atoms with Crippen LogP contribution in [0.15, 0.2) is 0 Å². The summed E-state index contributed by atoms with van der Waals surface area (Å²) in [6, 6.07) is -1.13. The van der Waals surface area contributed by atoms with E-state index in [0.717, 1.165) is 19.3 Å². The number of nitrogens with one attached hydrogen (secondary N) is 3. The molecule has 3 amide bonds. The molecule has 0 spiro atoms. The van der Waals surface area contributed by atoms with Crippen LogP contribution in [0.1, 0.15) is 85.0 Å². The van der Waals surface area contributed by atoms with E-state index in [-0.39, 0.29) is 31.1 Å².